The molecule has 0 aromatic carbocycles. The van der Waals surface area contributed by atoms with Crippen LogP contribution in [0.1, 0.15) is 67.4 Å². The molecule has 1 heterocycles. The average molecular weight is 399 g/mol. The predicted octanol–water partition coefficient (Wildman–Crippen LogP) is 4.03. The van der Waals surface area contributed by atoms with Crippen molar-refractivity contribution in [3.8, 4) is 5.75 Å². The summed E-state index contributed by atoms with van der Waals surface area (Å²) in [5.74, 6) is 0.182. The molecule has 3 rings (SSSR count). The monoisotopic (exact) mass is 399 g/mol. The first-order valence-corrected chi connectivity index (χ1v) is 9.32. The second-order valence-electron chi connectivity index (χ2n) is 8.08. The number of Topliss-reactive ketones (excluding diaryl/α,β-unsaturated/α-hetero) is 1. The summed E-state index contributed by atoms with van der Waals surface area (Å²) < 4.78 is 42.7. The number of nitrogens with zero attached hydrogens (tertiary/aromatic N) is 2. The van der Waals surface area contributed by atoms with Crippen LogP contribution in [0.5, 0.6) is 5.75 Å². The Labute approximate surface area is 161 Å². The lowest BCUT2D eigenvalue weighted by molar-refractivity contribution is -0.153. The molecule has 1 unspecified atom stereocenters. The molecule has 0 spiro atoms. The smallest absolute Gasteiger partial charge is 0.422 e. The third-order valence-electron chi connectivity index (χ3n) is 5.30. The number of alkyl halides is 3. The van der Waals surface area contributed by atoms with Gasteiger partial charge in [0, 0.05) is 29.7 Å². The number of hydrogen-bond donors (Lipinski definition) is 2. The number of ketones is 1. The minimum atomic E-state index is -4.47. The van der Waals surface area contributed by atoms with Gasteiger partial charge in [-0.15, -0.1) is 0 Å². The van der Waals surface area contributed by atoms with E-state index in [1.165, 1.54) is 12.3 Å². The number of carbonyl (C=O) groups is 1. The zero-order valence-electron chi connectivity index (χ0n) is 15.6. The van der Waals surface area contributed by atoms with Crippen molar-refractivity contribution >= 4 is 11.6 Å². The quantitative estimate of drug-likeness (QED) is 0.215. The van der Waals surface area contributed by atoms with Crippen molar-refractivity contribution in [1.29, 1.82) is 0 Å². The Morgan fingerprint density at radius 1 is 1.36 bits per heavy atom. The molecule has 1 aromatic heterocycles. The third kappa shape index (κ3) is 5.14. The predicted molar refractivity (Wildman–Crippen MR) is 95.6 cm³/mol. The van der Waals surface area contributed by atoms with Crippen molar-refractivity contribution in [2.75, 3.05) is 6.61 Å². The highest BCUT2D eigenvalue weighted by molar-refractivity contribution is 5.99. The van der Waals surface area contributed by atoms with Gasteiger partial charge in [0.2, 0.25) is 0 Å². The van der Waals surface area contributed by atoms with Gasteiger partial charge >= 0.3 is 6.18 Å². The molecular weight excluding hydrogens is 375 g/mol. The molecule has 28 heavy (non-hydrogen) atoms. The molecule has 2 fully saturated rings. The van der Waals surface area contributed by atoms with Gasteiger partial charge in [0.15, 0.2) is 12.4 Å². The van der Waals surface area contributed by atoms with E-state index in [-0.39, 0.29) is 35.4 Å². The van der Waals surface area contributed by atoms with E-state index in [1.54, 1.807) is 6.92 Å². The number of pyridine rings is 1. The van der Waals surface area contributed by atoms with Crippen molar-refractivity contribution in [2.45, 2.75) is 57.5 Å². The van der Waals surface area contributed by atoms with E-state index < -0.39 is 18.2 Å². The second kappa shape index (κ2) is 7.60. The van der Waals surface area contributed by atoms with E-state index in [0.29, 0.717) is 17.9 Å². The molecule has 2 saturated carbocycles. The molecule has 0 saturated heterocycles. The molecule has 3 N–H and O–H groups in total. The van der Waals surface area contributed by atoms with Crippen LogP contribution in [0.25, 0.3) is 0 Å². The van der Waals surface area contributed by atoms with Gasteiger partial charge < -0.3 is 15.7 Å². The van der Waals surface area contributed by atoms with Gasteiger partial charge in [-0.05, 0) is 31.1 Å². The summed E-state index contributed by atoms with van der Waals surface area (Å²) in [5.41, 5.74) is 5.61. The minimum Gasteiger partial charge on any atom is -0.484 e. The lowest BCUT2D eigenvalue weighted by Crippen LogP contribution is -2.37. The van der Waals surface area contributed by atoms with Gasteiger partial charge in [0.1, 0.15) is 17.3 Å². The normalized spacial score (nSPS) is 19.9. The largest absolute Gasteiger partial charge is 0.484 e. The van der Waals surface area contributed by atoms with Crippen molar-refractivity contribution in [3.05, 3.63) is 23.5 Å². The minimum absolute atomic E-state index is 0.0225. The van der Waals surface area contributed by atoms with Crippen LogP contribution in [-0.2, 0) is 0 Å². The highest BCUT2D eigenvalue weighted by Gasteiger charge is 2.39. The molecule has 6 nitrogen and oxygen atoms in total. The van der Waals surface area contributed by atoms with Crippen LogP contribution >= 0.6 is 0 Å². The topological polar surface area (TPSA) is 97.8 Å². The molecule has 1 atom stereocenters. The van der Waals surface area contributed by atoms with Crippen LogP contribution < -0.4 is 10.5 Å². The van der Waals surface area contributed by atoms with Crippen molar-refractivity contribution in [2.24, 2.45) is 22.2 Å². The van der Waals surface area contributed by atoms with E-state index in [2.05, 4.69) is 10.1 Å². The highest BCUT2D eigenvalue weighted by atomic mass is 19.4. The van der Waals surface area contributed by atoms with Crippen LogP contribution in [0.4, 0.5) is 13.2 Å². The molecule has 0 aliphatic heterocycles. The summed E-state index contributed by atoms with van der Waals surface area (Å²) in [5, 5.41) is 12.2. The van der Waals surface area contributed by atoms with E-state index in [0.717, 1.165) is 25.7 Å². The van der Waals surface area contributed by atoms with Crippen LogP contribution in [-0.4, -0.2) is 34.6 Å². The molecule has 0 radical (unpaired) electrons. The Kier molecular flexibility index (Phi) is 5.54. The molecule has 0 amide bonds. The first-order valence-electron chi connectivity index (χ1n) is 9.32. The summed E-state index contributed by atoms with van der Waals surface area (Å²) in [4.78, 5) is 17.0. The van der Waals surface area contributed by atoms with Crippen molar-refractivity contribution in [1.82, 2.24) is 4.98 Å². The first-order chi connectivity index (χ1) is 13.1. The number of carbonyl (C=O) groups excluding carboxylic acids is 1. The lowest BCUT2D eigenvalue weighted by Gasteiger charge is -2.27. The Balaban J connectivity index is 1.80. The molecule has 154 valence electrons. The summed E-state index contributed by atoms with van der Waals surface area (Å²) >= 11 is 0. The molecule has 2 aliphatic rings. The summed E-state index contributed by atoms with van der Waals surface area (Å²) in [6.07, 6.45) is 1.31. The maximum Gasteiger partial charge on any atom is 0.422 e. The number of halogens is 3. The van der Waals surface area contributed by atoms with Crippen LogP contribution in [0.15, 0.2) is 17.4 Å². The van der Waals surface area contributed by atoms with Crippen molar-refractivity contribution < 1.29 is 27.9 Å². The molecule has 9 heteroatoms. The molecule has 0 bridgehead atoms. The van der Waals surface area contributed by atoms with Crippen LogP contribution in [0.3, 0.4) is 0 Å². The van der Waals surface area contributed by atoms with E-state index >= 15 is 0 Å². The zero-order valence-corrected chi connectivity index (χ0v) is 15.6. The van der Waals surface area contributed by atoms with Crippen molar-refractivity contribution in [3.63, 3.8) is 0 Å². The van der Waals surface area contributed by atoms with Gasteiger partial charge in [0.25, 0.3) is 0 Å². The summed E-state index contributed by atoms with van der Waals surface area (Å²) in [6, 6.07) is 1.28. The second-order valence-corrected chi connectivity index (χ2v) is 8.08. The number of hydrogen-bond acceptors (Lipinski definition) is 5. The van der Waals surface area contributed by atoms with E-state index in [9.17, 15) is 18.0 Å². The maximum atomic E-state index is 12.8. The Bertz CT molecular complexity index is 773. The van der Waals surface area contributed by atoms with Crippen LogP contribution in [0, 0.1) is 11.3 Å². The fourth-order valence-corrected chi connectivity index (χ4v) is 3.38. The number of nitrogens with two attached hydrogens (primary N) is 1. The number of oxime groups is 1. The number of ether oxygens (including phenoxy) is 1. The summed E-state index contributed by atoms with van der Waals surface area (Å²) in [6.45, 7) is 0.325. The zero-order chi connectivity index (χ0) is 20.5. The SMILES string of the molecule is CC(CC(=O)c1cc(OCC(F)(F)F)c(C2CC2)cn1)(CC1CC1)/C(N)=N/O. The Hall–Kier alpha value is -2.32. The maximum absolute atomic E-state index is 12.8. The molecule has 2 aliphatic carbocycles. The summed E-state index contributed by atoms with van der Waals surface area (Å²) in [7, 11) is 0. The number of aromatic nitrogens is 1. The standard InChI is InChI=1S/C19H24F3N3O3/c1-18(17(23)25-27,7-11-2-3-11)8-15(26)14-6-16(28-10-19(20,21)22)13(9-24-14)12-4-5-12/h6,9,11-12,27H,2-5,7-8,10H2,1H3,(H2,23,25). The fraction of sp³-hybridized carbons (Fsp3) is 0.632. The van der Waals surface area contributed by atoms with Gasteiger partial charge in [-0.3, -0.25) is 9.78 Å². The van der Waals surface area contributed by atoms with Gasteiger partial charge in [-0.25, -0.2) is 0 Å². The number of amidine groups is 1. The lowest BCUT2D eigenvalue weighted by atomic mass is 9.78. The first kappa shape index (κ1) is 20.4. The molecule has 1 aromatic rings. The van der Waals surface area contributed by atoms with E-state index in [1.807, 2.05) is 0 Å². The highest BCUT2D eigenvalue weighted by Crippen LogP contribution is 2.45. The third-order valence-corrected chi connectivity index (χ3v) is 5.30. The van der Waals surface area contributed by atoms with Gasteiger partial charge in [0.05, 0.1) is 0 Å². The van der Waals surface area contributed by atoms with Gasteiger partial charge in [-0.1, -0.05) is 24.9 Å². The average Bonchev–Trinajstić information content (AvgIpc) is 3.52. The van der Waals surface area contributed by atoms with E-state index in [4.69, 9.17) is 15.7 Å². The van der Waals surface area contributed by atoms with Crippen LogP contribution in [0.2, 0.25) is 0 Å². The number of rotatable bonds is 9. The Morgan fingerprint density at radius 2 is 2.04 bits per heavy atom. The Morgan fingerprint density at radius 3 is 2.57 bits per heavy atom. The van der Waals surface area contributed by atoms with Gasteiger partial charge in [-0.2, -0.15) is 13.2 Å². The molecular formula is C19H24F3N3O3. The fourth-order valence-electron chi connectivity index (χ4n) is 3.38.